The van der Waals surface area contributed by atoms with Crippen LogP contribution in [0, 0.1) is 0 Å². The summed E-state index contributed by atoms with van der Waals surface area (Å²) in [5, 5.41) is 0. The molecule has 0 aromatic heterocycles. The lowest BCUT2D eigenvalue weighted by atomic mass is 10.4. The van der Waals surface area contributed by atoms with Crippen molar-refractivity contribution in [3.8, 4) is 0 Å². The Balaban J connectivity index is 0.000000291. The predicted molar refractivity (Wildman–Crippen MR) is 40.6 cm³/mol. The first-order valence-electron chi connectivity index (χ1n) is 2.30. The third kappa shape index (κ3) is 4.24. The van der Waals surface area contributed by atoms with Gasteiger partial charge >= 0.3 is 10.1 Å². The van der Waals surface area contributed by atoms with Crippen molar-refractivity contribution in [3.05, 3.63) is 34.8 Å². The summed E-state index contributed by atoms with van der Waals surface area (Å²) in [5.41, 5.74) is 0. The number of hydrogen-bond donors (Lipinski definition) is 0. The molecule has 1 aromatic rings. The Morgan fingerprint density at radius 3 is 1.78 bits per heavy atom. The second kappa shape index (κ2) is 5.85. The molecule has 0 bridgehead atoms. The van der Waals surface area contributed by atoms with Crippen LogP contribution in [0.1, 0.15) is 0 Å². The molecule has 0 saturated carbocycles. The third-order valence-corrected chi connectivity index (χ3v) is 1.26. The molecular formula is C6H5BrOSi. The van der Waals surface area contributed by atoms with E-state index in [1.165, 1.54) is 0 Å². The normalized spacial score (nSPS) is 7.22. The minimum atomic E-state index is 1.13. The SMILES string of the molecule is Brc1ccccc1.O=[Si]. The van der Waals surface area contributed by atoms with E-state index >= 15 is 0 Å². The van der Waals surface area contributed by atoms with Crippen molar-refractivity contribution in [1.29, 1.82) is 0 Å². The summed E-state index contributed by atoms with van der Waals surface area (Å²) in [6.07, 6.45) is 0. The van der Waals surface area contributed by atoms with Crippen molar-refractivity contribution in [3.63, 3.8) is 0 Å². The summed E-state index contributed by atoms with van der Waals surface area (Å²) < 4.78 is 9.19. The molecule has 0 atom stereocenters. The number of benzene rings is 1. The van der Waals surface area contributed by atoms with Crippen LogP contribution in [-0.4, -0.2) is 10.1 Å². The van der Waals surface area contributed by atoms with Gasteiger partial charge in [0.2, 0.25) is 0 Å². The van der Waals surface area contributed by atoms with Gasteiger partial charge in [-0.1, -0.05) is 34.1 Å². The van der Waals surface area contributed by atoms with E-state index in [0.29, 0.717) is 0 Å². The van der Waals surface area contributed by atoms with Crippen molar-refractivity contribution < 1.29 is 4.46 Å². The molecule has 0 spiro atoms. The molecular weight excluding hydrogens is 196 g/mol. The molecule has 0 heterocycles. The van der Waals surface area contributed by atoms with E-state index in [2.05, 4.69) is 15.9 Å². The molecule has 0 saturated heterocycles. The standard InChI is InChI=1S/C6H5Br.OSi/c7-6-4-2-1-3-5-6;1-2/h1-5H;. The van der Waals surface area contributed by atoms with Crippen LogP contribution in [0.5, 0.6) is 0 Å². The van der Waals surface area contributed by atoms with Gasteiger partial charge in [-0.15, -0.1) is 0 Å². The monoisotopic (exact) mass is 200 g/mol. The number of hydrogen-bond acceptors (Lipinski definition) is 1. The van der Waals surface area contributed by atoms with E-state index < -0.39 is 0 Å². The topological polar surface area (TPSA) is 17.1 Å². The molecule has 0 aliphatic carbocycles. The highest BCUT2D eigenvalue weighted by molar-refractivity contribution is 9.10. The molecule has 3 heteroatoms. The lowest BCUT2D eigenvalue weighted by Crippen LogP contribution is -1.55. The highest BCUT2D eigenvalue weighted by Crippen LogP contribution is 2.05. The molecule has 0 aliphatic heterocycles. The van der Waals surface area contributed by atoms with E-state index in [4.69, 9.17) is 4.46 Å². The van der Waals surface area contributed by atoms with Crippen LogP contribution in [0.3, 0.4) is 0 Å². The summed E-state index contributed by atoms with van der Waals surface area (Å²) in [4.78, 5) is 0. The molecule has 0 aliphatic rings. The third-order valence-electron chi connectivity index (χ3n) is 0.733. The zero-order chi connectivity index (χ0) is 7.11. The van der Waals surface area contributed by atoms with E-state index in [-0.39, 0.29) is 0 Å². The molecule has 46 valence electrons. The predicted octanol–water partition coefficient (Wildman–Crippen LogP) is 1.95. The molecule has 9 heavy (non-hydrogen) atoms. The first kappa shape index (κ1) is 8.72. The average molecular weight is 201 g/mol. The van der Waals surface area contributed by atoms with Crippen LogP contribution in [0.4, 0.5) is 0 Å². The summed E-state index contributed by atoms with van der Waals surface area (Å²) in [6.45, 7) is 0. The van der Waals surface area contributed by atoms with E-state index in [9.17, 15) is 0 Å². The van der Waals surface area contributed by atoms with Crippen LogP contribution in [0.15, 0.2) is 34.8 Å². The molecule has 1 nitrogen and oxygen atoms in total. The zero-order valence-corrected chi connectivity index (χ0v) is 7.26. The van der Waals surface area contributed by atoms with Crippen molar-refractivity contribution in [2.75, 3.05) is 0 Å². The van der Waals surface area contributed by atoms with E-state index in [1.54, 1.807) is 10.1 Å². The fraction of sp³-hybridized carbons (Fsp3) is 0. The van der Waals surface area contributed by atoms with Crippen molar-refractivity contribution in [2.24, 2.45) is 0 Å². The molecule has 2 radical (unpaired) electrons. The Labute approximate surface area is 65.7 Å². The van der Waals surface area contributed by atoms with Crippen LogP contribution in [-0.2, 0) is 4.46 Å². The van der Waals surface area contributed by atoms with Gasteiger partial charge in [-0.05, 0) is 12.1 Å². The highest BCUT2D eigenvalue weighted by Gasteiger charge is 1.74. The molecule has 0 fully saturated rings. The zero-order valence-electron chi connectivity index (χ0n) is 4.67. The quantitative estimate of drug-likeness (QED) is 0.586. The minimum Gasteiger partial charge on any atom is -0.381 e. The van der Waals surface area contributed by atoms with Gasteiger partial charge in [-0.3, -0.25) is 0 Å². The largest absolute Gasteiger partial charge is 0.381 e. The highest BCUT2D eigenvalue weighted by atomic mass is 79.9. The van der Waals surface area contributed by atoms with Crippen molar-refractivity contribution in [2.45, 2.75) is 0 Å². The first-order valence-corrected chi connectivity index (χ1v) is 3.51. The van der Waals surface area contributed by atoms with Crippen LogP contribution < -0.4 is 0 Å². The second-order valence-corrected chi connectivity index (χ2v) is 2.21. The van der Waals surface area contributed by atoms with Crippen molar-refractivity contribution in [1.82, 2.24) is 0 Å². The van der Waals surface area contributed by atoms with Crippen molar-refractivity contribution >= 4 is 26.1 Å². The van der Waals surface area contributed by atoms with E-state index in [0.717, 1.165) is 4.47 Å². The van der Waals surface area contributed by atoms with Gasteiger partial charge in [0, 0.05) is 4.47 Å². The van der Waals surface area contributed by atoms with Gasteiger partial charge in [-0.2, -0.15) is 0 Å². The Morgan fingerprint density at radius 2 is 1.56 bits per heavy atom. The smallest absolute Gasteiger partial charge is 0.381 e. The van der Waals surface area contributed by atoms with E-state index in [1.807, 2.05) is 30.3 Å². The maximum absolute atomic E-state index is 8.06. The first-order chi connectivity index (χ1) is 4.39. The molecule has 1 aromatic carbocycles. The second-order valence-electron chi connectivity index (χ2n) is 1.30. The van der Waals surface area contributed by atoms with Gasteiger partial charge < -0.3 is 4.46 Å². The average Bonchev–Trinajstić information content (AvgIpc) is 1.94. The Hall–Kier alpha value is -0.283. The van der Waals surface area contributed by atoms with Gasteiger partial charge in [0.1, 0.15) is 0 Å². The number of rotatable bonds is 0. The maximum Gasteiger partial charge on any atom is 0.381 e. The molecule has 0 unspecified atom stereocenters. The maximum atomic E-state index is 8.06. The van der Waals surface area contributed by atoms with Crippen LogP contribution >= 0.6 is 15.9 Å². The summed E-state index contributed by atoms with van der Waals surface area (Å²) in [6, 6.07) is 9.97. The lowest BCUT2D eigenvalue weighted by Gasteiger charge is -1.80. The molecule has 1 rings (SSSR count). The Morgan fingerprint density at radius 1 is 1.11 bits per heavy atom. The van der Waals surface area contributed by atoms with Crippen LogP contribution in [0.25, 0.3) is 0 Å². The lowest BCUT2D eigenvalue weighted by molar-refractivity contribution is 0.590. The fourth-order valence-corrected chi connectivity index (χ4v) is 0.720. The van der Waals surface area contributed by atoms with Gasteiger partial charge in [0.05, 0.1) is 0 Å². The Kier molecular flexibility index (Phi) is 5.66. The minimum absolute atomic E-state index is 1.13. The van der Waals surface area contributed by atoms with Crippen LogP contribution in [0.2, 0.25) is 0 Å². The molecule has 0 N–H and O–H groups in total. The Bertz CT molecular complexity index is 154. The summed E-state index contributed by atoms with van der Waals surface area (Å²) >= 11 is 3.31. The molecule has 0 amide bonds. The summed E-state index contributed by atoms with van der Waals surface area (Å²) in [5.74, 6) is 0. The van der Waals surface area contributed by atoms with Gasteiger partial charge in [0.15, 0.2) is 0 Å². The van der Waals surface area contributed by atoms with Gasteiger partial charge in [0.25, 0.3) is 0 Å². The number of halogens is 1. The summed E-state index contributed by atoms with van der Waals surface area (Å²) in [7, 11) is 1.72. The fourth-order valence-electron chi connectivity index (χ4n) is 0.415. The van der Waals surface area contributed by atoms with Gasteiger partial charge in [-0.25, -0.2) is 0 Å².